The number of aliphatic imine (C=N–C) groups is 1. The molecule has 0 aliphatic carbocycles. The Bertz CT molecular complexity index is 356. The molecule has 0 amide bonds. The average molecular weight is 269 g/mol. The smallest absolute Gasteiger partial charge is 0.330 e. The largest absolute Gasteiger partial charge is 0.479 e. The van der Waals surface area contributed by atoms with Crippen LogP contribution in [0, 0.1) is 5.92 Å². The lowest BCUT2D eigenvalue weighted by atomic mass is 10.00. The lowest BCUT2D eigenvalue weighted by Gasteiger charge is -2.29. The number of aliphatic carboxylic acids is 1. The number of rotatable bonds is 5. The molecule has 0 aromatic rings. The van der Waals surface area contributed by atoms with E-state index in [1.807, 2.05) is 0 Å². The van der Waals surface area contributed by atoms with Gasteiger partial charge in [0.2, 0.25) is 0 Å². The first-order chi connectivity index (χ1) is 9.04. The summed E-state index contributed by atoms with van der Waals surface area (Å²) in [5, 5.41) is 18.1. The number of nitrogens with one attached hydrogen (secondary N) is 3. The van der Waals surface area contributed by atoms with E-state index in [0.29, 0.717) is 18.5 Å². The highest BCUT2D eigenvalue weighted by Crippen LogP contribution is 2.05. The van der Waals surface area contributed by atoms with Crippen LogP contribution in [-0.2, 0) is 4.79 Å². The summed E-state index contributed by atoms with van der Waals surface area (Å²) in [5.41, 5.74) is 5.71. The van der Waals surface area contributed by atoms with Crippen molar-refractivity contribution in [3.05, 3.63) is 12.2 Å². The van der Waals surface area contributed by atoms with Gasteiger partial charge in [0.1, 0.15) is 6.04 Å². The predicted octanol–water partition coefficient (Wildman–Crippen LogP) is -0.925. The average Bonchev–Trinajstić information content (AvgIpc) is 2.37. The van der Waals surface area contributed by atoms with E-state index >= 15 is 0 Å². The Morgan fingerprint density at radius 2 is 2.42 bits per heavy atom. The van der Waals surface area contributed by atoms with Crippen molar-refractivity contribution in [2.24, 2.45) is 16.6 Å². The number of hydrogen-bond donors (Lipinski definition) is 5. The summed E-state index contributed by atoms with van der Waals surface area (Å²) >= 11 is 0. The monoisotopic (exact) mass is 269 g/mol. The van der Waals surface area contributed by atoms with Gasteiger partial charge in [-0.2, -0.15) is 0 Å². The fourth-order valence-corrected chi connectivity index (χ4v) is 1.86. The molecular weight excluding hydrogens is 246 g/mol. The molecule has 3 atom stereocenters. The summed E-state index contributed by atoms with van der Waals surface area (Å²) in [6.45, 7) is 6.10. The highest BCUT2D eigenvalue weighted by molar-refractivity contribution is 5.85. The number of nitrogens with two attached hydrogens (primary N) is 1. The second-order valence-corrected chi connectivity index (χ2v) is 4.60. The highest BCUT2D eigenvalue weighted by Gasteiger charge is 2.20. The Kier molecular flexibility index (Phi) is 6.31. The van der Waals surface area contributed by atoms with Crippen molar-refractivity contribution in [2.75, 3.05) is 19.8 Å². The summed E-state index contributed by atoms with van der Waals surface area (Å²) < 4.78 is 0. The quantitative estimate of drug-likeness (QED) is 0.251. The Hall–Kier alpha value is -1.60. The van der Waals surface area contributed by atoms with Crippen LogP contribution in [0.4, 0.5) is 0 Å². The Morgan fingerprint density at radius 1 is 1.68 bits per heavy atom. The summed E-state index contributed by atoms with van der Waals surface area (Å²) in [6, 6.07) is -0.475. The number of carbonyl (C=O) groups is 1. The zero-order valence-corrected chi connectivity index (χ0v) is 11.4. The summed E-state index contributed by atoms with van der Waals surface area (Å²) in [7, 11) is 0. The van der Waals surface area contributed by atoms with Gasteiger partial charge in [-0.3, -0.25) is 4.99 Å². The first-order valence-corrected chi connectivity index (χ1v) is 6.40. The van der Waals surface area contributed by atoms with Crippen molar-refractivity contribution in [3.63, 3.8) is 0 Å². The van der Waals surface area contributed by atoms with E-state index in [9.17, 15) is 4.79 Å². The van der Waals surface area contributed by atoms with Crippen molar-refractivity contribution in [1.29, 1.82) is 0 Å². The molecule has 0 spiro atoms. The molecule has 19 heavy (non-hydrogen) atoms. The number of hydrogen-bond acceptors (Lipinski definition) is 4. The number of nitrogens with zero attached hydrogens (tertiary/aromatic N) is 1. The van der Waals surface area contributed by atoms with Crippen LogP contribution in [0.1, 0.15) is 13.8 Å². The third-order valence-corrected chi connectivity index (χ3v) is 3.11. The van der Waals surface area contributed by atoms with E-state index < -0.39 is 12.0 Å². The summed E-state index contributed by atoms with van der Waals surface area (Å²) in [5.74, 6) is -0.479. The van der Waals surface area contributed by atoms with Gasteiger partial charge in [-0.15, -0.1) is 0 Å². The van der Waals surface area contributed by atoms with Crippen LogP contribution in [0.3, 0.4) is 0 Å². The topological polar surface area (TPSA) is 112 Å². The molecule has 0 radical (unpaired) electrons. The zero-order valence-electron chi connectivity index (χ0n) is 11.4. The van der Waals surface area contributed by atoms with Gasteiger partial charge in [0.15, 0.2) is 5.96 Å². The van der Waals surface area contributed by atoms with Gasteiger partial charge in [-0.1, -0.05) is 12.2 Å². The SMILES string of the molecule is C/C=C\C(NC(N)=NCC1CNCNC1C)C(=O)O. The second kappa shape index (κ2) is 7.75. The molecule has 1 aliphatic heterocycles. The summed E-state index contributed by atoms with van der Waals surface area (Å²) in [6.07, 6.45) is 3.19. The summed E-state index contributed by atoms with van der Waals surface area (Å²) in [4.78, 5) is 15.1. The van der Waals surface area contributed by atoms with E-state index in [4.69, 9.17) is 10.8 Å². The first-order valence-electron chi connectivity index (χ1n) is 6.40. The fraction of sp³-hybridized carbons (Fsp3) is 0.667. The molecule has 1 saturated heterocycles. The van der Waals surface area contributed by atoms with Crippen LogP contribution < -0.4 is 21.7 Å². The standard InChI is InChI=1S/C12H23N5O2/c1-3-4-10(11(18)19)17-12(13)15-6-9-5-14-7-16-8(9)2/h3-4,8-10,14,16H,5-7H2,1-2H3,(H,18,19)(H3,13,15,17)/b4-3-. The number of allylic oxidation sites excluding steroid dienone is 1. The van der Waals surface area contributed by atoms with Crippen molar-refractivity contribution in [1.82, 2.24) is 16.0 Å². The van der Waals surface area contributed by atoms with Gasteiger partial charge in [-0.05, 0) is 13.8 Å². The molecule has 1 heterocycles. The van der Waals surface area contributed by atoms with Crippen molar-refractivity contribution in [3.8, 4) is 0 Å². The van der Waals surface area contributed by atoms with Gasteiger partial charge in [0.25, 0.3) is 0 Å². The van der Waals surface area contributed by atoms with E-state index in [1.54, 1.807) is 13.0 Å². The minimum atomic E-state index is -0.981. The van der Waals surface area contributed by atoms with Crippen LogP contribution in [0.5, 0.6) is 0 Å². The second-order valence-electron chi connectivity index (χ2n) is 4.60. The van der Waals surface area contributed by atoms with Gasteiger partial charge >= 0.3 is 5.97 Å². The third kappa shape index (κ3) is 5.27. The van der Waals surface area contributed by atoms with Gasteiger partial charge in [-0.25, -0.2) is 4.79 Å². The van der Waals surface area contributed by atoms with E-state index in [2.05, 4.69) is 27.9 Å². The molecule has 7 nitrogen and oxygen atoms in total. The molecule has 0 bridgehead atoms. The number of guanidine groups is 1. The predicted molar refractivity (Wildman–Crippen MR) is 74.8 cm³/mol. The molecule has 1 aliphatic rings. The van der Waals surface area contributed by atoms with Crippen LogP contribution in [0.15, 0.2) is 17.1 Å². The third-order valence-electron chi connectivity index (χ3n) is 3.11. The minimum absolute atomic E-state index is 0.156. The highest BCUT2D eigenvalue weighted by atomic mass is 16.4. The molecule has 108 valence electrons. The van der Waals surface area contributed by atoms with Gasteiger partial charge < -0.3 is 26.8 Å². The molecule has 6 N–H and O–H groups in total. The fourth-order valence-electron chi connectivity index (χ4n) is 1.86. The number of carboxylic acid groups (broad SMARTS) is 1. The van der Waals surface area contributed by atoms with Crippen LogP contribution in [0.25, 0.3) is 0 Å². The Balaban J connectivity index is 2.49. The Morgan fingerprint density at radius 3 is 3.00 bits per heavy atom. The lowest BCUT2D eigenvalue weighted by Crippen LogP contribution is -2.51. The normalized spacial score (nSPS) is 26.3. The van der Waals surface area contributed by atoms with Crippen LogP contribution in [0.2, 0.25) is 0 Å². The van der Waals surface area contributed by atoms with Crippen LogP contribution in [-0.4, -0.2) is 48.9 Å². The lowest BCUT2D eigenvalue weighted by molar-refractivity contribution is -0.137. The Labute approximate surface area is 113 Å². The van der Waals surface area contributed by atoms with Gasteiger partial charge in [0.05, 0.1) is 0 Å². The maximum atomic E-state index is 10.9. The maximum Gasteiger partial charge on any atom is 0.330 e. The molecule has 3 unspecified atom stereocenters. The molecule has 0 saturated carbocycles. The molecule has 0 aromatic carbocycles. The number of carboxylic acids is 1. The van der Waals surface area contributed by atoms with Crippen molar-refractivity contribution >= 4 is 11.9 Å². The molecule has 7 heteroatoms. The molecule has 1 fully saturated rings. The maximum absolute atomic E-state index is 10.9. The minimum Gasteiger partial charge on any atom is -0.479 e. The van der Waals surface area contributed by atoms with Gasteiger partial charge in [0, 0.05) is 31.7 Å². The van der Waals surface area contributed by atoms with E-state index in [0.717, 1.165) is 13.2 Å². The zero-order chi connectivity index (χ0) is 14.3. The molecular formula is C12H23N5O2. The molecule has 1 rings (SSSR count). The van der Waals surface area contributed by atoms with E-state index in [1.165, 1.54) is 6.08 Å². The molecule has 0 aromatic heterocycles. The van der Waals surface area contributed by atoms with Crippen LogP contribution >= 0.6 is 0 Å². The van der Waals surface area contributed by atoms with E-state index in [-0.39, 0.29) is 5.96 Å². The van der Waals surface area contributed by atoms with Crippen molar-refractivity contribution < 1.29 is 9.90 Å². The van der Waals surface area contributed by atoms with Crippen molar-refractivity contribution in [2.45, 2.75) is 25.9 Å². The first kappa shape index (κ1) is 15.5.